The molecule has 0 aromatic heterocycles. The lowest BCUT2D eigenvalue weighted by atomic mass is 10.2. The van der Waals surface area contributed by atoms with Gasteiger partial charge in [0.1, 0.15) is 0 Å². The predicted molar refractivity (Wildman–Crippen MR) is 67.8 cm³/mol. The Morgan fingerprint density at radius 1 is 1.32 bits per heavy atom. The molecule has 2 amide bonds. The maximum atomic E-state index is 11.8. The Hall–Kier alpha value is -1.34. The molecule has 1 rings (SSSR count). The summed E-state index contributed by atoms with van der Waals surface area (Å²) in [5.74, 6) is 0.00938. The van der Waals surface area contributed by atoms with Crippen molar-refractivity contribution in [3.8, 4) is 0 Å². The molecule has 0 aromatic rings. The Morgan fingerprint density at radius 3 is 2.58 bits per heavy atom. The molecule has 7 heteroatoms. The van der Waals surface area contributed by atoms with Crippen molar-refractivity contribution in [3.63, 3.8) is 0 Å². The highest BCUT2D eigenvalue weighted by atomic mass is 16.7. The summed E-state index contributed by atoms with van der Waals surface area (Å²) in [6.07, 6.45) is 0.514. The SMILES string of the molecule is COC(CCCN1CCN(C(=O)O)CCC1=O)OC. The molecule has 19 heavy (non-hydrogen) atoms. The number of carbonyl (C=O) groups excluding carboxylic acids is 1. The van der Waals surface area contributed by atoms with Crippen molar-refractivity contribution in [2.24, 2.45) is 0 Å². The number of rotatable bonds is 6. The van der Waals surface area contributed by atoms with E-state index in [1.165, 1.54) is 4.90 Å². The van der Waals surface area contributed by atoms with Gasteiger partial charge in [0.25, 0.3) is 0 Å². The highest BCUT2D eigenvalue weighted by Crippen LogP contribution is 2.08. The average molecular weight is 274 g/mol. The molecule has 0 radical (unpaired) electrons. The van der Waals surface area contributed by atoms with Crippen LogP contribution in [0, 0.1) is 0 Å². The van der Waals surface area contributed by atoms with E-state index >= 15 is 0 Å². The largest absolute Gasteiger partial charge is 0.465 e. The van der Waals surface area contributed by atoms with Crippen LogP contribution in [0.2, 0.25) is 0 Å². The third-order valence-electron chi connectivity index (χ3n) is 3.25. The van der Waals surface area contributed by atoms with Crippen LogP contribution in [0.25, 0.3) is 0 Å². The molecule has 1 aliphatic heterocycles. The van der Waals surface area contributed by atoms with Crippen LogP contribution in [0.5, 0.6) is 0 Å². The Balaban J connectivity index is 2.36. The zero-order valence-electron chi connectivity index (χ0n) is 11.5. The smallest absolute Gasteiger partial charge is 0.407 e. The number of nitrogens with zero attached hydrogens (tertiary/aromatic N) is 2. The Morgan fingerprint density at radius 2 is 2.00 bits per heavy atom. The van der Waals surface area contributed by atoms with Gasteiger partial charge < -0.3 is 24.4 Å². The van der Waals surface area contributed by atoms with Gasteiger partial charge in [0.15, 0.2) is 6.29 Å². The van der Waals surface area contributed by atoms with Gasteiger partial charge in [-0.2, -0.15) is 0 Å². The first-order valence-electron chi connectivity index (χ1n) is 6.39. The fourth-order valence-corrected chi connectivity index (χ4v) is 2.08. The maximum Gasteiger partial charge on any atom is 0.407 e. The van der Waals surface area contributed by atoms with Crippen LogP contribution in [0.1, 0.15) is 19.3 Å². The molecule has 1 N–H and O–H groups in total. The summed E-state index contributed by atoms with van der Waals surface area (Å²) < 4.78 is 10.2. The zero-order valence-corrected chi connectivity index (χ0v) is 11.5. The molecule has 0 atom stereocenters. The van der Waals surface area contributed by atoms with E-state index in [0.717, 1.165) is 6.42 Å². The van der Waals surface area contributed by atoms with Crippen LogP contribution in [0.3, 0.4) is 0 Å². The second kappa shape index (κ2) is 7.96. The van der Waals surface area contributed by atoms with Crippen molar-refractivity contribution in [1.29, 1.82) is 0 Å². The summed E-state index contributed by atoms with van der Waals surface area (Å²) >= 11 is 0. The van der Waals surface area contributed by atoms with Crippen LogP contribution < -0.4 is 0 Å². The van der Waals surface area contributed by atoms with Crippen LogP contribution in [0.4, 0.5) is 4.79 Å². The van der Waals surface area contributed by atoms with Gasteiger partial charge in [-0.25, -0.2) is 4.79 Å². The molecular weight excluding hydrogens is 252 g/mol. The van der Waals surface area contributed by atoms with E-state index in [2.05, 4.69) is 0 Å². The lowest BCUT2D eigenvalue weighted by molar-refractivity contribution is -0.131. The first-order chi connectivity index (χ1) is 9.08. The van der Waals surface area contributed by atoms with Gasteiger partial charge in [-0.05, 0) is 6.42 Å². The highest BCUT2D eigenvalue weighted by Gasteiger charge is 2.23. The molecule has 110 valence electrons. The van der Waals surface area contributed by atoms with Crippen LogP contribution in [0.15, 0.2) is 0 Å². The van der Waals surface area contributed by atoms with E-state index in [9.17, 15) is 9.59 Å². The number of carbonyl (C=O) groups is 2. The van der Waals surface area contributed by atoms with Crippen LogP contribution in [-0.2, 0) is 14.3 Å². The van der Waals surface area contributed by atoms with E-state index in [1.54, 1.807) is 19.1 Å². The average Bonchev–Trinajstić information content (AvgIpc) is 2.57. The van der Waals surface area contributed by atoms with Crippen molar-refractivity contribution in [1.82, 2.24) is 9.80 Å². The predicted octanol–water partition coefficient (Wildman–Crippen LogP) is 0.598. The van der Waals surface area contributed by atoms with Gasteiger partial charge >= 0.3 is 6.09 Å². The lowest BCUT2D eigenvalue weighted by Gasteiger charge is -2.22. The fraction of sp³-hybridized carbons (Fsp3) is 0.833. The second-order valence-corrected chi connectivity index (χ2v) is 4.44. The molecule has 0 aliphatic carbocycles. The standard InChI is InChI=1S/C12H22N2O5/c1-18-11(19-2)4-3-6-13-8-9-14(12(16)17)7-5-10(13)15/h11H,3-9H2,1-2H3,(H,16,17). The molecule has 7 nitrogen and oxygen atoms in total. The highest BCUT2D eigenvalue weighted by molar-refractivity contribution is 5.77. The van der Waals surface area contributed by atoms with Crippen molar-refractivity contribution < 1.29 is 24.2 Å². The number of amides is 2. The van der Waals surface area contributed by atoms with Gasteiger partial charge in [-0.1, -0.05) is 0 Å². The summed E-state index contributed by atoms with van der Waals surface area (Å²) in [6.45, 7) is 1.72. The maximum absolute atomic E-state index is 11.8. The van der Waals surface area contributed by atoms with E-state index in [-0.39, 0.29) is 25.2 Å². The van der Waals surface area contributed by atoms with E-state index in [0.29, 0.717) is 26.1 Å². The minimum absolute atomic E-state index is 0.00938. The second-order valence-electron chi connectivity index (χ2n) is 4.44. The van der Waals surface area contributed by atoms with Crippen molar-refractivity contribution >= 4 is 12.0 Å². The minimum Gasteiger partial charge on any atom is -0.465 e. The molecule has 0 saturated carbocycles. The summed E-state index contributed by atoms with van der Waals surface area (Å²) in [4.78, 5) is 25.7. The third-order valence-corrected chi connectivity index (χ3v) is 3.25. The first-order valence-corrected chi connectivity index (χ1v) is 6.39. The molecule has 0 aromatic carbocycles. The summed E-state index contributed by atoms with van der Waals surface area (Å²) in [5.41, 5.74) is 0. The van der Waals surface area contributed by atoms with Gasteiger partial charge in [0, 0.05) is 53.2 Å². The molecule has 1 aliphatic rings. The minimum atomic E-state index is -0.964. The van der Waals surface area contributed by atoms with E-state index in [4.69, 9.17) is 14.6 Å². The molecule has 0 spiro atoms. The van der Waals surface area contributed by atoms with Crippen LogP contribution in [-0.4, -0.2) is 73.6 Å². The molecule has 0 unspecified atom stereocenters. The molecule has 1 heterocycles. The van der Waals surface area contributed by atoms with Crippen molar-refractivity contribution in [3.05, 3.63) is 0 Å². The van der Waals surface area contributed by atoms with Gasteiger partial charge in [-0.3, -0.25) is 4.79 Å². The molecular formula is C12H22N2O5. The third kappa shape index (κ3) is 5.04. The van der Waals surface area contributed by atoms with Gasteiger partial charge in [0.2, 0.25) is 5.91 Å². The normalized spacial score (nSPS) is 16.9. The number of ether oxygens (including phenoxy) is 2. The molecule has 0 bridgehead atoms. The van der Waals surface area contributed by atoms with E-state index in [1.807, 2.05) is 0 Å². The van der Waals surface area contributed by atoms with E-state index < -0.39 is 6.09 Å². The number of methoxy groups -OCH3 is 2. The summed E-state index contributed by atoms with van der Waals surface area (Å²) in [6, 6.07) is 0. The van der Waals surface area contributed by atoms with Gasteiger partial charge in [-0.15, -0.1) is 0 Å². The Kier molecular flexibility index (Phi) is 6.58. The summed E-state index contributed by atoms with van der Waals surface area (Å²) in [7, 11) is 3.16. The van der Waals surface area contributed by atoms with Crippen molar-refractivity contribution in [2.45, 2.75) is 25.6 Å². The van der Waals surface area contributed by atoms with Gasteiger partial charge in [0.05, 0.1) is 0 Å². The first kappa shape index (κ1) is 15.7. The topological polar surface area (TPSA) is 79.3 Å². The lowest BCUT2D eigenvalue weighted by Crippen LogP contribution is -2.35. The molecule has 1 saturated heterocycles. The quantitative estimate of drug-likeness (QED) is 0.717. The fourth-order valence-electron chi connectivity index (χ4n) is 2.08. The Labute approximate surface area is 113 Å². The number of carboxylic acid groups (broad SMARTS) is 1. The monoisotopic (exact) mass is 274 g/mol. The number of hydrogen-bond donors (Lipinski definition) is 1. The van der Waals surface area contributed by atoms with Crippen LogP contribution >= 0.6 is 0 Å². The Bertz CT molecular complexity index is 306. The molecule has 1 fully saturated rings. The number of hydrogen-bond acceptors (Lipinski definition) is 4. The summed E-state index contributed by atoms with van der Waals surface area (Å²) in [5, 5.41) is 8.91. The zero-order chi connectivity index (χ0) is 14.3. The van der Waals surface area contributed by atoms with Crippen molar-refractivity contribution in [2.75, 3.05) is 40.4 Å².